The summed E-state index contributed by atoms with van der Waals surface area (Å²) in [5.41, 5.74) is 0. The van der Waals surface area contributed by atoms with Gasteiger partial charge in [0.15, 0.2) is 0 Å². The predicted molar refractivity (Wildman–Crippen MR) is 56.1 cm³/mol. The molecule has 3 heteroatoms. The van der Waals surface area contributed by atoms with E-state index < -0.39 is 0 Å². The zero-order valence-electron chi connectivity index (χ0n) is 8.96. The summed E-state index contributed by atoms with van der Waals surface area (Å²) in [6.45, 7) is 4.17. The predicted octanol–water partition coefficient (Wildman–Crippen LogP) is 1.14. The molecule has 2 fully saturated rings. The van der Waals surface area contributed by atoms with Gasteiger partial charge >= 0.3 is 0 Å². The van der Waals surface area contributed by atoms with Crippen LogP contribution in [0.2, 0.25) is 0 Å². The monoisotopic (exact) mass is 196 g/mol. The van der Waals surface area contributed by atoms with Crippen molar-refractivity contribution in [1.82, 2.24) is 10.2 Å². The topological polar surface area (TPSA) is 32.3 Å². The quantitative estimate of drug-likeness (QED) is 0.718. The summed E-state index contributed by atoms with van der Waals surface area (Å²) in [4.78, 5) is 14.1. The van der Waals surface area contributed by atoms with Crippen LogP contribution >= 0.6 is 0 Å². The number of hydrogen-bond donors (Lipinski definition) is 1. The molecule has 0 spiro atoms. The Morgan fingerprint density at radius 3 is 2.93 bits per heavy atom. The molecule has 2 rings (SSSR count). The molecule has 80 valence electrons. The number of carbonyl (C=O) groups excluding carboxylic acids is 1. The second-order valence-corrected chi connectivity index (χ2v) is 4.43. The Hall–Kier alpha value is -0.570. The molecule has 0 aromatic carbocycles. The summed E-state index contributed by atoms with van der Waals surface area (Å²) < 4.78 is 0. The minimum absolute atomic E-state index is 0.378. The highest BCUT2D eigenvalue weighted by atomic mass is 16.2. The van der Waals surface area contributed by atoms with Crippen LogP contribution < -0.4 is 5.32 Å². The molecular formula is C11H20N2O. The van der Waals surface area contributed by atoms with Gasteiger partial charge in [0.2, 0.25) is 5.91 Å². The molecule has 1 N–H and O–H groups in total. The molecule has 0 aromatic rings. The molecule has 2 heterocycles. The normalized spacial score (nSPS) is 31.6. The van der Waals surface area contributed by atoms with Gasteiger partial charge in [-0.25, -0.2) is 0 Å². The molecule has 2 saturated heterocycles. The third-order valence-electron chi connectivity index (χ3n) is 3.41. The molecule has 2 aliphatic heterocycles. The maximum Gasteiger partial charge on any atom is 0.223 e. The van der Waals surface area contributed by atoms with Crippen molar-refractivity contribution in [2.45, 2.75) is 51.1 Å². The number of amides is 1. The van der Waals surface area contributed by atoms with Crippen LogP contribution in [0, 0.1) is 0 Å². The molecule has 2 bridgehead atoms. The van der Waals surface area contributed by atoms with E-state index in [0.717, 1.165) is 32.4 Å². The Balaban J connectivity index is 2.05. The van der Waals surface area contributed by atoms with Gasteiger partial charge in [0, 0.05) is 25.0 Å². The molecule has 0 saturated carbocycles. The Morgan fingerprint density at radius 2 is 2.14 bits per heavy atom. The lowest BCUT2D eigenvalue weighted by Gasteiger charge is -2.27. The first-order chi connectivity index (χ1) is 6.83. The van der Waals surface area contributed by atoms with Gasteiger partial charge in [-0.1, -0.05) is 6.92 Å². The maximum atomic E-state index is 11.9. The number of carbonyl (C=O) groups is 1. The van der Waals surface area contributed by atoms with Crippen LogP contribution in [0.4, 0.5) is 0 Å². The highest BCUT2D eigenvalue weighted by Gasteiger charge is 2.37. The molecule has 0 aliphatic carbocycles. The minimum atomic E-state index is 0.378. The fourth-order valence-electron chi connectivity index (χ4n) is 2.73. The van der Waals surface area contributed by atoms with Crippen molar-refractivity contribution in [1.29, 1.82) is 0 Å². The van der Waals surface area contributed by atoms with E-state index in [-0.39, 0.29) is 0 Å². The highest BCUT2D eigenvalue weighted by Crippen LogP contribution is 2.28. The first-order valence-electron chi connectivity index (χ1n) is 5.84. The van der Waals surface area contributed by atoms with Gasteiger partial charge < -0.3 is 10.2 Å². The number of rotatable bonds is 2. The zero-order chi connectivity index (χ0) is 9.97. The molecule has 2 atom stereocenters. The van der Waals surface area contributed by atoms with E-state index in [4.69, 9.17) is 0 Å². The average Bonchev–Trinajstić information content (AvgIpc) is 2.40. The lowest BCUT2D eigenvalue weighted by molar-refractivity contribution is -0.133. The van der Waals surface area contributed by atoms with E-state index in [0.29, 0.717) is 18.0 Å². The molecular weight excluding hydrogens is 176 g/mol. The third kappa shape index (κ3) is 1.78. The second kappa shape index (κ2) is 4.30. The average molecular weight is 196 g/mol. The second-order valence-electron chi connectivity index (χ2n) is 4.43. The minimum Gasteiger partial charge on any atom is -0.335 e. The zero-order valence-corrected chi connectivity index (χ0v) is 8.96. The van der Waals surface area contributed by atoms with Gasteiger partial charge in [-0.3, -0.25) is 4.79 Å². The van der Waals surface area contributed by atoms with Crippen LogP contribution in [0.25, 0.3) is 0 Å². The first kappa shape index (κ1) is 9.97. The Kier molecular flexibility index (Phi) is 3.06. The molecule has 1 amide bonds. The van der Waals surface area contributed by atoms with Crippen molar-refractivity contribution in [3.05, 3.63) is 0 Å². The Labute approximate surface area is 85.8 Å². The lowest BCUT2D eigenvalue weighted by Crippen LogP contribution is -2.42. The van der Waals surface area contributed by atoms with E-state index in [1.54, 1.807) is 0 Å². The molecule has 0 radical (unpaired) electrons. The fourth-order valence-corrected chi connectivity index (χ4v) is 2.73. The van der Waals surface area contributed by atoms with Gasteiger partial charge in [-0.2, -0.15) is 0 Å². The molecule has 3 nitrogen and oxygen atoms in total. The van der Waals surface area contributed by atoms with E-state index in [9.17, 15) is 4.79 Å². The van der Waals surface area contributed by atoms with Gasteiger partial charge in [-0.05, 0) is 32.2 Å². The van der Waals surface area contributed by atoms with E-state index >= 15 is 0 Å². The largest absolute Gasteiger partial charge is 0.335 e. The van der Waals surface area contributed by atoms with Crippen molar-refractivity contribution < 1.29 is 4.79 Å². The van der Waals surface area contributed by atoms with Crippen LogP contribution in [0.1, 0.15) is 39.0 Å². The van der Waals surface area contributed by atoms with Crippen molar-refractivity contribution >= 4 is 5.91 Å². The van der Waals surface area contributed by atoms with Crippen LogP contribution in [0.15, 0.2) is 0 Å². The summed E-state index contributed by atoms with van der Waals surface area (Å²) in [6, 6.07) is 1.02. The number of nitrogens with one attached hydrogen (secondary N) is 1. The highest BCUT2D eigenvalue weighted by molar-refractivity contribution is 5.77. The summed E-state index contributed by atoms with van der Waals surface area (Å²) in [5, 5.41) is 3.41. The summed E-state index contributed by atoms with van der Waals surface area (Å²) in [6.07, 6.45) is 5.27. The van der Waals surface area contributed by atoms with Crippen molar-refractivity contribution in [3.8, 4) is 0 Å². The van der Waals surface area contributed by atoms with Crippen molar-refractivity contribution in [2.24, 2.45) is 0 Å². The number of fused-ring (bicyclic) bond motifs is 2. The Morgan fingerprint density at radius 1 is 1.36 bits per heavy atom. The maximum absolute atomic E-state index is 11.9. The van der Waals surface area contributed by atoms with Crippen LogP contribution in [-0.4, -0.2) is 36.0 Å². The SMILES string of the molecule is CCCC(=O)N1C2CCNCC1CC2. The summed E-state index contributed by atoms with van der Waals surface area (Å²) >= 11 is 0. The number of hydrogen-bond acceptors (Lipinski definition) is 2. The van der Waals surface area contributed by atoms with Gasteiger partial charge in [0.05, 0.1) is 0 Å². The Bertz CT molecular complexity index is 203. The van der Waals surface area contributed by atoms with E-state index in [2.05, 4.69) is 17.1 Å². The summed E-state index contributed by atoms with van der Waals surface area (Å²) in [7, 11) is 0. The van der Waals surface area contributed by atoms with Crippen molar-refractivity contribution in [2.75, 3.05) is 13.1 Å². The standard InChI is InChI=1S/C11H20N2O/c1-2-3-11(14)13-9-4-5-10(13)8-12-7-6-9/h9-10,12H,2-8H2,1H3. The van der Waals surface area contributed by atoms with E-state index in [1.807, 2.05) is 0 Å². The fraction of sp³-hybridized carbons (Fsp3) is 0.909. The van der Waals surface area contributed by atoms with Crippen molar-refractivity contribution in [3.63, 3.8) is 0 Å². The molecule has 0 aromatic heterocycles. The van der Waals surface area contributed by atoms with Gasteiger partial charge in [0.25, 0.3) is 0 Å². The van der Waals surface area contributed by atoms with Crippen LogP contribution in [0.5, 0.6) is 0 Å². The van der Waals surface area contributed by atoms with Crippen LogP contribution in [-0.2, 0) is 4.79 Å². The van der Waals surface area contributed by atoms with E-state index in [1.165, 1.54) is 12.8 Å². The first-order valence-corrected chi connectivity index (χ1v) is 5.84. The third-order valence-corrected chi connectivity index (χ3v) is 3.41. The molecule has 14 heavy (non-hydrogen) atoms. The molecule has 2 unspecified atom stereocenters. The molecule has 2 aliphatic rings. The summed E-state index contributed by atoms with van der Waals surface area (Å²) in [5.74, 6) is 0.378. The number of nitrogens with zero attached hydrogens (tertiary/aromatic N) is 1. The smallest absolute Gasteiger partial charge is 0.223 e. The van der Waals surface area contributed by atoms with Gasteiger partial charge in [0.1, 0.15) is 0 Å². The lowest BCUT2D eigenvalue weighted by atomic mass is 10.1. The van der Waals surface area contributed by atoms with Gasteiger partial charge in [-0.15, -0.1) is 0 Å². The van der Waals surface area contributed by atoms with Crippen LogP contribution in [0.3, 0.4) is 0 Å².